The molecule has 0 unspecified atom stereocenters. The van der Waals surface area contributed by atoms with Crippen LogP contribution in [0.5, 0.6) is 5.75 Å². The number of hydrogen-bond donors (Lipinski definition) is 4. The summed E-state index contributed by atoms with van der Waals surface area (Å²) in [6.45, 7) is 0.371. The SMILES string of the molecule is Cl.NCC[C@@H](N)c1cc(Br)cc(C(=O)O)c1O. The van der Waals surface area contributed by atoms with Crippen molar-refractivity contribution in [1.29, 1.82) is 0 Å². The quantitative estimate of drug-likeness (QED) is 0.672. The van der Waals surface area contributed by atoms with Crippen molar-refractivity contribution in [3.05, 3.63) is 27.7 Å². The zero-order chi connectivity index (χ0) is 12.3. The molecule has 6 N–H and O–H groups in total. The van der Waals surface area contributed by atoms with Crippen molar-refractivity contribution in [2.75, 3.05) is 6.54 Å². The molecule has 96 valence electrons. The third kappa shape index (κ3) is 3.85. The van der Waals surface area contributed by atoms with Crippen molar-refractivity contribution in [2.45, 2.75) is 12.5 Å². The third-order valence-corrected chi connectivity index (χ3v) is 2.67. The minimum absolute atomic E-state index is 0. The molecule has 0 aliphatic heterocycles. The summed E-state index contributed by atoms with van der Waals surface area (Å²) in [6.07, 6.45) is 0.475. The number of carboxylic acids is 1. The summed E-state index contributed by atoms with van der Waals surface area (Å²) in [4.78, 5) is 10.9. The summed E-state index contributed by atoms with van der Waals surface area (Å²) >= 11 is 3.17. The first-order valence-electron chi connectivity index (χ1n) is 4.68. The fraction of sp³-hybridized carbons (Fsp3) is 0.300. The maximum absolute atomic E-state index is 10.9. The molecule has 0 aromatic heterocycles. The van der Waals surface area contributed by atoms with Crippen LogP contribution in [0.15, 0.2) is 16.6 Å². The molecule has 0 fully saturated rings. The predicted molar refractivity (Wildman–Crippen MR) is 70.6 cm³/mol. The van der Waals surface area contributed by atoms with Crippen LogP contribution in [0.3, 0.4) is 0 Å². The van der Waals surface area contributed by atoms with Gasteiger partial charge < -0.3 is 21.7 Å². The summed E-state index contributed by atoms with van der Waals surface area (Å²) in [6, 6.07) is 2.46. The molecule has 0 heterocycles. The van der Waals surface area contributed by atoms with Gasteiger partial charge in [-0.3, -0.25) is 0 Å². The van der Waals surface area contributed by atoms with E-state index in [0.717, 1.165) is 0 Å². The topological polar surface area (TPSA) is 110 Å². The van der Waals surface area contributed by atoms with Crippen molar-refractivity contribution >= 4 is 34.3 Å². The second-order valence-corrected chi connectivity index (χ2v) is 4.30. The molecule has 1 aromatic carbocycles. The van der Waals surface area contributed by atoms with Gasteiger partial charge in [0, 0.05) is 16.1 Å². The van der Waals surface area contributed by atoms with Crippen LogP contribution in [0, 0.1) is 0 Å². The van der Waals surface area contributed by atoms with E-state index in [1.165, 1.54) is 6.07 Å². The maximum Gasteiger partial charge on any atom is 0.339 e. The highest BCUT2D eigenvalue weighted by atomic mass is 79.9. The fourth-order valence-corrected chi connectivity index (χ4v) is 1.88. The van der Waals surface area contributed by atoms with Gasteiger partial charge in [0.15, 0.2) is 0 Å². The van der Waals surface area contributed by atoms with Gasteiger partial charge in [-0.1, -0.05) is 15.9 Å². The summed E-state index contributed by atoms with van der Waals surface area (Å²) in [5.74, 6) is -1.49. The molecule has 0 bridgehead atoms. The van der Waals surface area contributed by atoms with Crippen molar-refractivity contribution in [3.8, 4) is 5.75 Å². The predicted octanol–water partition coefficient (Wildman–Crippen LogP) is 1.62. The van der Waals surface area contributed by atoms with Crippen LogP contribution in [-0.2, 0) is 0 Å². The van der Waals surface area contributed by atoms with E-state index in [4.69, 9.17) is 16.6 Å². The summed E-state index contributed by atoms with van der Waals surface area (Å²) in [7, 11) is 0. The second-order valence-electron chi connectivity index (χ2n) is 3.38. The van der Waals surface area contributed by atoms with Crippen molar-refractivity contribution < 1.29 is 15.0 Å². The summed E-state index contributed by atoms with van der Waals surface area (Å²) in [5.41, 5.74) is 11.4. The molecular formula is C10H14BrClN2O3. The number of carbonyl (C=O) groups is 1. The number of hydrogen-bond acceptors (Lipinski definition) is 4. The van der Waals surface area contributed by atoms with E-state index in [1.807, 2.05) is 0 Å². The summed E-state index contributed by atoms with van der Waals surface area (Å²) in [5, 5.41) is 18.6. The minimum Gasteiger partial charge on any atom is -0.507 e. The van der Waals surface area contributed by atoms with Crippen LogP contribution in [0.1, 0.15) is 28.4 Å². The van der Waals surface area contributed by atoms with E-state index < -0.39 is 12.0 Å². The number of carboxylic acid groups (broad SMARTS) is 1. The van der Waals surface area contributed by atoms with Crippen molar-refractivity contribution in [1.82, 2.24) is 0 Å². The maximum atomic E-state index is 10.9. The number of rotatable bonds is 4. The molecule has 1 rings (SSSR count). The first-order chi connectivity index (χ1) is 7.47. The second kappa shape index (κ2) is 6.80. The number of nitrogens with two attached hydrogens (primary N) is 2. The van der Waals surface area contributed by atoms with Gasteiger partial charge in [0.1, 0.15) is 11.3 Å². The van der Waals surface area contributed by atoms with E-state index in [0.29, 0.717) is 23.0 Å². The van der Waals surface area contributed by atoms with Crippen molar-refractivity contribution in [3.63, 3.8) is 0 Å². The Morgan fingerprint density at radius 3 is 2.53 bits per heavy atom. The highest BCUT2D eigenvalue weighted by molar-refractivity contribution is 9.10. The van der Waals surface area contributed by atoms with Crippen LogP contribution in [0.25, 0.3) is 0 Å². The number of aromatic hydroxyl groups is 1. The number of phenols is 1. The lowest BCUT2D eigenvalue weighted by molar-refractivity contribution is 0.0693. The van der Waals surface area contributed by atoms with Gasteiger partial charge in [-0.2, -0.15) is 0 Å². The van der Waals surface area contributed by atoms with Crippen molar-refractivity contribution in [2.24, 2.45) is 11.5 Å². The Bertz CT molecular complexity index is 415. The molecule has 0 aliphatic rings. The molecule has 0 spiro atoms. The van der Waals surface area contributed by atoms with Crippen LogP contribution in [-0.4, -0.2) is 22.7 Å². The lowest BCUT2D eigenvalue weighted by atomic mass is 10.0. The van der Waals surface area contributed by atoms with E-state index in [9.17, 15) is 9.90 Å². The smallest absolute Gasteiger partial charge is 0.339 e. The van der Waals surface area contributed by atoms with Crippen LogP contribution in [0.2, 0.25) is 0 Å². The van der Waals surface area contributed by atoms with E-state index in [2.05, 4.69) is 15.9 Å². The Balaban J connectivity index is 0.00000256. The Morgan fingerprint density at radius 1 is 1.47 bits per heavy atom. The van der Waals surface area contributed by atoms with E-state index >= 15 is 0 Å². The lowest BCUT2D eigenvalue weighted by Gasteiger charge is -2.14. The molecule has 1 aromatic rings. The Labute approximate surface area is 113 Å². The van der Waals surface area contributed by atoms with Gasteiger partial charge in [-0.05, 0) is 25.1 Å². The van der Waals surface area contributed by atoms with Gasteiger partial charge in [-0.25, -0.2) is 4.79 Å². The molecule has 0 radical (unpaired) electrons. The number of aromatic carboxylic acids is 1. The number of benzene rings is 1. The third-order valence-electron chi connectivity index (χ3n) is 2.21. The largest absolute Gasteiger partial charge is 0.507 e. The molecular weight excluding hydrogens is 311 g/mol. The average molecular weight is 326 g/mol. The van der Waals surface area contributed by atoms with Gasteiger partial charge in [0.2, 0.25) is 0 Å². The Hall–Kier alpha value is -0.820. The van der Waals surface area contributed by atoms with Crippen LogP contribution in [0.4, 0.5) is 0 Å². The Kier molecular flexibility index (Phi) is 6.48. The summed E-state index contributed by atoms with van der Waals surface area (Å²) < 4.78 is 0.560. The Morgan fingerprint density at radius 2 is 2.06 bits per heavy atom. The molecule has 7 heteroatoms. The highest BCUT2D eigenvalue weighted by Crippen LogP contribution is 2.31. The van der Waals surface area contributed by atoms with Gasteiger partial charge in [-0.15, -0.1) is 12.4 Å². The first kappa shape index (κ1) is 16.2. The van der Waals surface area contributed by atoms with Gasteiger partial charge >= 0.3 is 5.97 Å². The molecule has 0 saturated heterocycles. The lowest BCUT2D eigenvalue weighted by Crippen LogP contribution is -2.16. The highest BCUT2D eigenvalue weighted by Gasteiger charge is 2.18. The molecule has 0 aliphatic carbocycles. The zero-order valence-electron chi connectivity index (χ0n) is 8.89. The van der Waals surface area contributed by atoms with Crippen LogP contribution < -0.4 is 11.5 Å². The van der Waals surface area contributed by atoms with Crippen LogP contribution >= 0.6 is 28.3 Å². The first-order valence-corrected chi connectivity index (χ1v) is 5.48. The fourth-order valence-electron chi connectivity index (χ4n) is 1.40. The zero-order valence-corrected chi connectivity index (χ0v) is 11.3. The van der Waals surface area contributed by atoms with E-state index in [-0.39, 0.29) is 23.7 Å². The average Bonchev–Trinajstić information content (AvgIpc) is 2.20. The molecule has 5 nitrogen and oxygen atoms in total. The van der Waals surface area contributed by atoms with E-state index in [1.54, 1.807) is 6.07 Å². The molecule has 17 heavy (non-hydrogen) atoms. The molecule has 0 saturated carbocycles. The molecule has 1 atom stereocenters. The number of halogens is 2. The molecule has 0 amide bonds. The monoisotopic (exact) mass is 324 g/mol. The normalized spacial score (nSPS) is 11.7. The van der Waals surface area contributed by atoms with Gasteiger partial charge in [0.25, 0.3) is 0 Å². The standard InChI is InChI=1S/C10H13BrN2O3.ClH/c11-5-3-6(8(13)1-2-12)9(14)7(4-5)10(15)16;/h3-4,8,14H,1-2,12-13H2,(H,15,16);1H/t8-;/m1./s1. The minimum atomic E-state index is -1.19. The van der Waals surface area contributed by atoms with Gasteiger partial charge in [0.05, 0.1) is 0 Å².